The lowest BCUT2D eigenvalue weighted by Gasteiger charge is -2.05. The number of benzene rings is 3. The van der Waals surface area contributed by atoms with Crippen LogP contribution in [0, 0.1) is 6.92 Å². The molecule has 0 saturated heterocycles. The Morgan fingerprint density at radius 2 is 1.76 bits per heavy atom. The number of nitrogens with zero attached hydrogens (tertiary/aromatic N) is 3. The van der Waals surface area contributed by atoms with E-state index in [1.54, 1.807) is 24.7 Å². The number of aromatic nitrogens is 1. The van der Waals surface area contributed by atoms with E-state index in [0.29, 0.717) is 5.84 Å². The lowest BCUT2D eigenvalue weighted by molar-refractivity contribution is 0.414. The summed E-state index contributed by atoms with van der Waals surface area (Å²) in [7, 11) is 1.64. The van der Waals surface area contributed by atoms with Crippen molar-refractivity contribution < 1.29 is 4.74 Å². The highest BCUT2D eigenvalue weighted by atomic mass is 32.1. The van der Waals surface area contributed by atoms with Crippen LogP contribution in [-0.4, -0.2) is 24.1 Å². The third kappa shape index (κ3) is 4.50. The van der Waals surface area contributed by atoms with E-state index in [1.165, 1.54) is 5.56 Å². The summed E-state index contributed by atoms with van der Waals surface area (Å²) in [5.74, 6) is 1.36. The first-order valence-electron chi connectivity index (χ1n) is 9.16. The van der Waals surface area contributed by atoms with Crippen LogP contribution in [0.5, 0.6) is 5.75 Å². The third-order valence-electron chi connectivity index (χ3n) is 4.28. The SMILES string of the molecule is COc1ccccc1/C=N\NC(=Nc1ccc(C)cc1)c1nc2ccccc2s1. The summed E-state index contributed by atoms with van der Waals surface area (Å²) in [6.07, 6.45) is 1.72. The quantitative estimate of drug-likeness (QED) is 0.280. The van der Waals surface area contributed by atoms with Gasteiger partial charge in [-0.15, -0.1) is 11.3 Å². The number of ether oxygens (including phenoxy) is 1. The van der Waals surface area contributed by atoms with Crippen molar-refractivity contribution in [3.8, 4) is 5.75 Å². The summed E-state index contributed by atoms with van der Waals surface area (Å²) >= 11 is 1.58. The molecule has 0 saturated carbocycles. The summed E-state index contributed by atoms with van der Waals surface area (Å²) < 4.78 is 6.48. The summed E-state index contributed by atoms with van der Waals surface area (Å²) in [6.45, 7) is 2.05. The molecule has 1 aromatic heterocycles. The average molecular weight is 401 g/mol. The van der Waals surface area contributed by atoms with Gasteiger partial charge in [-0.25, -0.2) is 9.98 Å². The Morgan fingerprint density at radius 1 is 1.00 bits per heavy atom. The van der Waals surface area contributed by atoms with Gasteiger partial charge < -0.3 is 4.74 Å². The van der Waals surface area contributed by atoms with Crippen molar-refractivity contribution in [3.63, 3.8) is 0 Å². The van der Waals surface area contributed by atoms with E-state index in [0.717, 1.165) is 32.2 Å². The number of para-hydroxylation sites is 2. The van der Waals surface area contributed by atoms with Crippen LogP contribution in [0.2, 0.25) is 0 Å². The van der Waals surface area contributed by atoms with Crippen molar-refractivity contribution in [2.75, 3.05) is 7.11 Å². The molecule has 3 aromatic carbocycles. The predicted octanol–water partition coefficient (Wildman–Crippen LogP) is 5.32. The van der Waals surface area contributed by atoms with E-state index >= 15 is 0 Å². The lowest BCUT2D eigenvalue weighted by atomic mass is 10.2. The van der Waals surface area contributed by atoms with Crippen LogP contribution in [0.4, 0.5) is 5.69 Å². The van der Waals surface area contributed by atoms with E-state index < -0.39 is 0 Å². The summed E-state index contributed by atoms with van der Waals surface area (Å²) in [5.41, 5.74) is 6.92. The Bertz CT molecular complexity index is 1150. The fourth-order valence-electron chi connectivity index (χ4n) is 2.78. The van der Waals surface area contributed by atoms with Gasteiger partial charge >= 0.3 is 0 Å². The summed E-state index contributed by atoms with van der Waals surface area (Å²) in [5, 5.41) is 5.17. The van der Waals surface area contributed by atoms with E-state index in [4.69, 9.17) is 14.7 Å². The number of thiazole rings is 1. The smallest absolute Gasteiger partial charge is 0.183 e. The molecule has 0 fully saturated rings. The second-order valence-electron chi connectivity index (χ2n) is 6.39. The minimum absolute atomic E-state index is 0.598. The lowest BCUT2D eigenvalue weighted by Crippen LogP contribution is -2.18. The van der Waals surface area contributed by atoms with Gasteiger partial charge in [-0.05, 0) is 43.3 Å². The standard InChI is InChI=1S/C23H20N4OS/c1-16-11-13-18(14-12-16)25-22(23-26-19-8-4-6-10-21(19)29-23)27-24-15-17-7-3-5-9-20(17)28-2/h3-15H,1-2H3,(H,25,27)/b24-15-. The van der Waals surface area contributed by atoms with Crippen LogP contribution in [0.1, 0.15) is 16.1 Å². The Kier molecular flexibility index (Phi) is 5.63. The molecule has 4 aromatic rings. The molecule has 0 amide bonds. The molecule has 0 aliphatic carbocycles. The van der Waals surface area contributed by atoms with Crippen LogP contribution >= 0.6 is 11.3 Å². The van der Waals surface area contributed by atoms with Crippen LogP contribution in [-0.2, 0) is 0 Å². The zero-order valence-electron chi connectivity index (χ0n) is 16.2. The van der Waals surface area contributed by atoms with E-state index in [-0.39, 0.29) is 0 Å². The Morgan fingerprint density at radius 3 is 2.55 bits per heavy atom. The van der Waals surface area contributed by atoms with Crippen LogP contribution in [0.3, 0.4) is 0 Å². The maximum Gasteiger partial charge on any atom is 0.183 e. The molecule has 144 valence electrons. The molecule has 5 nitrogen and oxygen atoms in total. The third-order valence-corrected chi connectivity index (χ3v) is 5.33. The highest BCUT2D eigenvalue weighted by Crippen LogP contribution is 2.23. The van der Waals surface area contributed by atoms with Gasteiger partial charge in [0.05, 0.1) is 29.2 Å². The molecule has 1 heterocycles. The number of aryl methyl sites for hydroxylation is 1. The molecule has 4 rings (SSSR count). The van der Waals surface area contributed by atoms with Crippen molar-refractivity contribution in [2.45, 2.75) is 6.92 Å². The average Bonchev–Trinajstić information content (AvgIpc) is 3.19. The van der Waals surface area contributed by atoms with Gasteiger partial charge in [0.1, 0.15) is 5.75 Å². The van der Waals surface area contributed by atoms with E-state index in [9.17, 15) is 0 Å². The van der Waals surface area contributed by atoms with E-state index in [1.807, 2.05) is 66.7 Å². The van der Waals surface area contributed by atoms with Gasteiger partial charge in [0, 0.05) is 5.56 Å². The Labute approximate surface area is 173 Å². The van der Waals surface area contributed by atoms with Crippen molar-refractivity contribution in [1.82, 2.24) is 10.4 Å². The molecule has 0 atom stereocenters. The van der Waals surface area contributed by atoms with E-state index in [2.05, 4.69) is 23.5 Å². The zero-order valence-corrected chi connectivity index (χ0v) is 17.0. The first kappa shape index (κ1) is 18.8. The zero-order chi connectivity index (χ0) is 20.1. The predicted molar refractivity (Wildman–Crippen MR) is 121 cm³/mol. The number of rotatable bonds is 5. The van der Waals surface area contributed by atoms with Crippen molar-refractivity contribution in [2.24, 2.45) is 10.1 Å². The molecular formula is C23H20N4OS. The number of hydrogen-bond donors (Lipinski definition) is 1. The number of amidine groups is 1. The molecule has 0 unspecified atom stereocenters. The minimum atomic E-state index is 0.598. The Balaban J connectivity index is 1.68. The molecule has 6 heteroatoms. The second-order valence-corrected chi connectivity index (χ2v) is 7.43. The van der Waals surface area contributed by atoms with Gasteiger partial charge in [0.25, 0.3) is 0 Å². The molecule has 1 N–H and O–H groups in total. The summed E-state index contributed by atoms with van der Waals surface area (Å²) in [4.78, 5) is 9.46. The molecule has 0 spiro atoms. The maximum absolute atomic E-state index is 5.37. The number of methoxy groups -OCH3 is 1. The monoisotopic (exact) mass is 400 g/mol. The topological polar surface area (TPSA) is 58.9 Å². The van der Waals surface area contributed by atoms with Gasteiger partial charge in [0.2, 0.25) is 0 Å². The number of hydrogen-bond acceptors (Lipinski definition) is 5. The normalized spacial score (nSPS) is 11.9. The minimum Gasteiger partial charge on any atom is -0.496 e. The maximum atomic E-state index is 5.37. The van der Waals surface area contributed by atoms with Gasteiger partial charge in [-0.2, -0.15) is 5.10 Å². The fraction of sp³-hybridized carbons (Fsp3) is 0.0870. The first-order chi connectivity index (χ1) is 14.2. The number of aliphatic imine (C=N–C) groups is 1. The fourth-order valence-corrected chi connectivity index (χ4v) is 3.68. The molecule has 0 bridgehead atoms. The van der Waals surface area contributed by atoms with Crippen molar-refractivity contribution in [3.05, 3.63) is 88.9 Å². The van der Waals surface area contributed by atoms with Crippen molar-refractivity contribution in [1.29, 1.82) is 0 Å². The van der Waals surface area contributed by atoms with Gasteiger partial charge in [-0.3, -0.25) is 5.43 Å². The van der Waals surface area contributed by atoms with Gasteiger partial charge in [-0.1, -0.05) is 42.0 Å². The summed E-state index contributed by atoms with van der Waals surface area (Å²) in [6, 6.07) is 23.8. The van der Waals surface area contributed by atoms with Crippen molar-refractivity contribution >= 4 is 39.3 Å². The molecule has 29 heavy (non-hydrogen) atoms. The highest BCUT2D eigenvalue weighted by molar-refractivity contribution is 7.20. The number of fused-ring (bicyclic) bond motifs is 1. The Hall–Kier alpha value is -3.51. The second kappa shape index (κ2) is 8.67. The first-order valence-corrected chi connectivity index (χ1v) is 9.98. The largest absolute Gasteiger partial charge is 0.496 e. The van der Waals surface area contributed by atoms with Crippen LogP contribution in [0.25, 0.3) is 10.2 Å². The number of hydrazone groups is 1. The molecule has 0 aliphatic rings. The molecule has 0 aliphatic heterocycles. The highest BCUT2D eigenvalue weighted by Gasteiger charge is 2.10. The number of nitrogens with one attached hydrogen (secondary N) is 1. The van der Waals surface area contributed by atoms with Crippen LogP contribution in [0.15, 0.2) is 82.9 Å². The molecule has 0 radical (unpaired) electrons. The van der Waals surface area contributed by atoms with Gasteiger partial charge in [0.15, 0.2) is 10.8 Å². The van der Waals surface area contributed by atoms with Crippen LogP contribution < -0.4 is 10.2 Å². The molecular weight excluding hydrogens is 380 g/mol.